The van der Waals surface area contributed by atoms with Gasteiger partial charge in [-0.15, -0.1) is 0 Å². The minimum Gasteiger partial charge on any atom is -0.301 e. The van der Waals surface area contributed by atoms with E-state index in [1.807, 2.05) is 0 Å². The summed E-state index contributed by atoms with van der Waals surface area (Å²) in [4.78, 5) is 5.30. The molecule has 0 spiro atoms. The van der Waals surface area contributed by atoms with Crippen molar-refractivity contribution in [1.82, 2.24) is 9.80 Å². The number of thiol groups is 1. The van der Waals surface area contributed by atoms with Gasteiger partial charge in [0.25, 0.3) is 0 Å². The van der Waals surface area contributed by atoms with E-state index in [4.69, 9.17) is 0 Å². The molecular weight excluding hydrogens is 252 g/mol. The van der Waals surface area contributed by atoms with Crippen LogP contribution in [0.4, 0.5) is 0 Å². The fourth-order valence-corrected chi connectivity index (χ4v) is 3.93. The first-order chi connectivity index (χ1) is 9.19. The quantitative estimate of drug-likeness (QED) is 0.648. The normalized spacial score (nSPS) is 18.9. The molecule has 0 radical (unpaired) electrons. The monoisotopic (exact) mass is 286 g/mol. The molecule has 0 aromatic rings. The van der Waals surface area contributed by atoms with Gasteiger partial charge in [-0.1, -0.05) is 33.6 Å². The summed E-state index contributed by atoms with van der Waals surface area (Å²) in [5.74, 6) is 1.05. The second-order valence-electron chi connectivity index (χ2n) is 6.28. The summed E-state index contributed by atoms with van der Waals surface area (Å²) >= 11 is 4.68. The Bertz CT molecular complexity index is 219. The van der Waals surface area contributed by atoms with E-state index in [-0.39, 0.29) is 0 Å². The van der Waals surface area contributed by atoms with Crippen LogP contribution in [0.3, 0.4) is 0 Å². The summed E-state index contributed by atoms with van der Waals surface area (Å²) < 4.78 is 0. The molecule has 1 fully saturated rings. The number of hydrogen-bond donors (Lipinski definition) is 1. The van der Waals surface area contributed by atoms with Gasteiger partial charge in [0, 0.05) is 32.7 Å². The molecule has 1 heterocycles. The van der Waals surface area contributed by atoms with Gasteiger partial charge >= 0.3 is 0 Å². The molecule has 0 saturated carbocycles. The van der Waals surface area contributed by atoms with Crippen LogP contribution in [0.25, 0.3) is 0 Å². The Labute approximate surface area is 126 Å². The number of hydrogen-bond acceptors (Lipinski definition) is 3. The molecule has 1 saturated heterocycles. The van der Waals surface area contributed by atoms with Crippen LogP contribution in [-0.4, -0.2) is 54.8 Å². The fraction of sp³-hybridized carbons (Fsp3) is 1.00. The largest absolute Gasteiger partial charge is 0.301 e. The predicted molar refractivity (Wildman–Crippen MR) is 89.3 cm³/mol. The summed E-state index contributed by atoms with van der Waals surface area (Å²) in [7, 11) is 0. The van der Waals surface area contributed by atoms with Crippen molar-refractivity contribution in [3.8, 4) is 0 Å². The van der Waals surface area contributed by atoms with Gasteiger partial charge in [0.05, 0.1) is 0 Å². The zero-order valence-corrected chi connectivity index (χ0v) is 14.2. The van der Waals surface area contributed by atoms with Crippen LogP contribution in [0.5, 0.6) is 0 Å². The first-order valence-corrected chi connectivity index (χ1v) is 8.88. The standard InChI is InChI=1S/C16H34N2S/c1-4-7-16(15-19,8-5-2)14-18-12-10-17(9-6-3)11-13-18/h19H,4-15H2,1-3H3. The minimum atomic E-state index is 0.458. The van der Waals surface area contributed by atoms with Crippen LogP contribution >= 0.6 is 12.6 Å². The van der Waals surface area contributed by atoms with E-state index >= 15 is 0 Å². The smallest absolute Gasteiger partial charge is 0.0110 e. The Morgan fingerprint density at radius 3 is 1.79 bits per heavy atom. The highest BCUT2D eigenvalue weighted by Crippen LogP contribution is 2.32. The molecule has 19 heavy (non-hydrogen) atoms. The van der Waals surface area contributed by atoms with E-state index in [1.54, 1.807) is 0 Å². The van der Waals surface area contributed by atoms with E-state index in [2.05, 4.69) is 43.2 Å². The Kier molecular flexibility index (Phi) is 8.43. The van der Waals surface area contributed by atoms with Gasteiger partial charge in [-0.2, -0.15) is 12.6 Å². The molecule has 0 aromatic heterocycles. The van der Waals surface area contributed by atoms with Crippen molar-refractivity contribution in [3.05, 3.63) is 0 Å². The van der Waals surface area contributed by atoms with Gasteiger partial charge in [-0.3, -0.25) is 0 Å². The molecule has 0 amide bonds. The van der Waals surface area contributed by atoms with Gasteiger partial charge in [-0.25, -0.2) is 0 Å². The lowest BCUT2D eigenvalue weighted by Gasteiger charge is -2.41. The first-order valence-electron chi connectivity index (χ1n) is 8.25. The van der Waals surface area contributed by atoms with Crippen molar-refractivity contribution in [1.29, 1.82) is 0 Å². The highest BCUT2D eigenvalue weighted by atomic mass is 32.1. The second kappa shape index (κ2) is 9.25. The topological polar surface area (TPSA) is 6.48 Å². The SMILES string of the molecule is CCCN1CCN(CC(CS)(CCC)CCC)CC1. The van der Waals surface area contributed by atoms with Gasteiger partial charge in [-0.05, 0) is 37.0 Å². The lowest BCUT2D eigenvalue weighted by atomic mass is 9.80. The van der Waals surface area contributed by atoms with Crippen molar-refractivity contribution in [2.24, 2.45) is 5.41 Å². The highest BCUT2D eigenvalue weighted by Gasteiger charge is 2.30. The van der Waals surface area contributed by atoms with Gasteiger partial charge in [0.2, 0.25) is 0 Å². The summed E-state index contributed by atoms with van der Waals surface area (Å²) in [5, 5.41) is 0. The summed E-state index contributed by atoms with van der Waals surface area (Å²) in [6.07, 6.45) is 6.53. The molecule has 3 heteroatoms. The molecule has 0 bridgehead atoms. The molecule has 0 unspecified atom stereocenters. The molecule has 0 atom stereocenters. The molecule has 0 aromatic carbocycles. The third kappa shape index (κ3) is 5.65. The molecule has 1 aliphatic heterocycles. The molecule has 2 nitrogen and oxygen atoms in total. The van der Waals surface area contributed by atoms with Gasteiger partial charge in [0.1, 0.15) is 0 Å². The van der Waals surface area contributed by atoms with E-state index in [9.17, 15) is 0 Å². The maximum atomic E-state index is 4.68. The molecular formula is C16H34N2S. The van der Waals surface area contributed by atoms with Crippen molar-refractivity contribution in [2.45, 2.75) is 52.9 Å². The number of piperazine rings is 1. The Morgan fingerprint density at radius 2 is 1.37 bits per heavy atom. The van der Waals surface area contributed by atoms with Crippen LogP contribution in [0, 0.1) is 5.41 Å². The third-order valence-electron chi connectivity index (χ3n) is 4.46. The average molecular weight is 287 g/mol. The number of nitrogens with zero attached hydrogens (tertiary/aromatic N) is 2. The third-order valence-corrected chi connectivity index (χ3v) is 5.13. The number of rotatable bonds is 9. The molecule has 1 rings (SSSR count). The Hall–Kier alpha value is 0.270. The fourth-order valence-electron chi connectivity index (χ4n) is 3.51. The van der Waals surface area contributed by atoms with Crippen molar-refractivity contribution in [3.63, 3.8) is 0 Å². The zero-order valence-electron chi connectivity index (χ0n) is 13.3. The van der Waals surface area contributed by atoms with Crippen LogP contribution in [0.15, 0.2) is 0 Å². The maximum absolute atomic E-state index is 4.68. The molecule has 114 valence electrons. The van der Waals surface area contributed by atoms with Crippen LogP contribution < -0.4 is 0 Å². The second-order valence-corrected chi connectivity index (χ2v) is 6.59. The molecule has 1 aliphatic rings. The summed E-state index contributed by atoms with van der Waals surface area (Å²) in [6.45, 7) is 14.5. The van der Waals surface area contributed by atoms with E-state index < -0.39 is 0 Å². The lowest BCUT2D eigenvalue weighted by molar-refractivity contribution is 0.0842. The predicted octanol–water partition coefficient (Wildman–Crippen LogP) is 3.53. The Balaban J connectivity index is 2.46. The molecule has 0 aliphatic carbocycles. The van der Waals surface area contributed by atoms with Crippen LogP contribution in [0.2, 0.25) is 0 Å². The maximum Gasteiger partial charge on any atom is 0.0110 e. The summed E-state index contributed by atoms with van der Waals surface area (Å²) in [5.41, 5.74) is 0.458. The van der Waals surface area contributed by atoms with Crippen molar-refractivity contribution < 1.29 is 0 Å². The molecule has 0 N–H and O–H groups in total. The van der Waals surface area contributed by atoms with E-state index in [0.29, 0.717) is 5.41 Å². The zero-order chi connectivity index (χ0) is 14.1. The van der Waals surface area contributed by atoms with Crippen LogP contribution in [-0.2, 0) is 0 Å². The Morgan fingerprint density at radius 1 is 0.842 bits per heavy atom. The average Bonchev–Trinajstić information content (AvgIpc) is 2.42. The minimum absolute atomic E-state index is 0.458. The highest BCUT2D eigenvalue weighted by molar-refractivity contribution is 7.80. The summed E-state index contributed by atoms with van der Waals surface area (Å²) in [6, 6.07) is 0. The lowest BCUT2D eigenvalue weighted by Crippen LogP contribution is -2.50. The van der Waals surface area contributed by atoms with E-state index in [1.165, 1.54) is 71.4 Å². The van der Waals surface area contributed by atoms with Crippen molar-refractivity contribution in [2.75, 3.05) is 45.0 Å². The van der Waals surface area contributed by atoms with Crippen molar-refractivity contribution >= 4 is 12.6 Å². The van der Waals surface area contributed by atoms with E-state index in [0.717, 1.165) is 5.75 Å². The first kappa shape index (κ1) is 17.3. The van der Waals surface area contributed by atoms with Gasteiger partial charge < -0.3 is 9.80 Å². The van der Waals surface area contributed by atoms with Crippen LogP contribution in [0.1, 0.15) is 52.9 Å². The van der Waals surface area contributed by atoms with Gasteiger partial charge in [0.15, 0.2) is 0 Å².